The van der Waals surface area contributed by atoms with E-state index in [2.05, 4.69) is 96.3 Å². The van der Waals surface area contributed by atoms with E-state index in [0.29, 0.717) is 24.1 Å². The predicted octanol–water partition coefficient (Wildman–Crippen LogP) is 8.43. The van der Waals surface area contributed by atoms with Crippen LogP contribution in [-0.4, -0.2) is 69.6 Å². The van der Waals surface area contributed by atoms with Crippen molar-refractivity contribution < 1.29 is 28.6 Å². The molecule has 3 aromatic carbocycles. The number of benzene rings is 3. The van der Waals surface area contributed by atoms with E-state index in [1.807, 2.05) is 32.0 Å². The number of hydrogen-bond acceptors (Lipinski definition) is 7. The fraction of sp³-hybridized carbons (Fsp3) is 0.479. The number of likely N-dealkylation sites (tertiary alicyclic amines) is 1. The summed E-state index contributed by atoms with van der Waals surface area (Å²) in [6.45, 7) is 11.1. The Labute approximate surface area is 352 Å². The van der Waals surface area contributed by atoms with E-state index in [-0.39, 0.29) is 36.7 Å². The zero-order valence-electron chi connectivity index (χ0n) is 35.6. The van der Waals surface area contributed by atoms with Gasteiger partial charge in [0.05, 0.1) is 31.6 Å². The molecule has 0 radical (unpaired) electrons. The number of Topliss-reactive ketones (excluding diaryl/α,β-unsaturated/α-hetero) is 1. The molecule has 1 saturated heterocycles. The second-order valence-corrected chi connectivity index (χ2v) is 16.3. The maximum absolute atomic E-state index is 13.6. The number of carbonyl (C=O) groups excluding carboxylic acids is 3. The standard InChI is InChI=1S/C46H60N2O6P2.C2H6/c1-5-14-32-18-20-40(53-4)38(27-32)46(35-15-10-9-11-16-35)22-25-48(26-23-46)24-13-8-7-12-17-36(49)28-34-29-37(33-19-21-41(55)42(56)30-33)43(45(51)54-6-2)39(31-52-3)47-44(34)50;1-2/h5,9-11,14-16,18-21,27,30,34,37H,6-8,12-13,17,22-26,28-29,31,55-56H2,1-4H3,(H,47,50);1-2H3. The molecule has 0 spiro atoms. The highest BCUT2D eigenvalue weighted by Gasteiger charge is 2.40. The van der Waals surface area contributed by atoms with Gasteiger partial charge in [-0.25, -0.2) is 4.79 Å². The smallest absolute Gasteiger partial charge is 0.336 e. The highest BCUT2D eigenvalue weighted by molar-refractivity contribution is 7.35. The number of hydrogen-bond donors (Lipinski definition) is 1. The van der Waals surface area contributed by atoms with Crippen LogP contribution >= 0.6 is 18.5 Å². The number of rotatable bonds is 18. The molecule has 314 valence electrons. The first-order valence-corrected chi connectivity index (χ1v) is 22.2. The average Bonchev–Trinajstić information content (AvgIpc) is 3.37. The summed E-state index contributed by atoms with van der Waals surface area (Å²) in [4.78, 5) is 42.9. The summed E-state index contributed by atoms with van der Waals surface area (Å²) in [5.41, 5.74) is 5.35. The quantitative estimate of drug-likeness (QED) is 0.0782. The molecule has 1 fully saturated rings. The third-order valence-corrected chi connectivity index (χ3v) is 12.8. The van der Waals surface area contributed by atoms with Crippen LogP contribution in [0.25, 0.3) is 6.08 Å². The molecule has 2 heterocycles. The number of nitrogens with one attached hydrogen (secondary N) is 1. The van der Waals surface area contributed by atoms with Gasteiger partial charge < -0.3 is 24.4 Å². The lowest BCUT2D eigenvalue weighted by atomic mass is 9.67. The van der Waals surface area contributed by atoms with E-state index < -0.39 is 17.8 Å². The van der Waals surface area contributed by atoms with Crippen molar-refractivity contribution in [1.29, 1.82) is 0 Å². The summed E-state index contributed by atoms with van der Waals surface area (Å²) in [6.07, 6.45) is 11.1. The highest BCUT2D eigenvalue weighted by atomic mass is 31.0. The number of ketones is 1. The number of amides is 1. The highest BCUT2D eigenvalue weighted by Crippen LogP contribution is 2.46. The first kappa shape index (κ1) is 47.0. The maximum atomic E-state index is 13.6. The maximum Gasteiger partial charge on any atom is 0.336 e. The Bertz CT molecular complexity index is 1870. The van der Waals surface area contributed by atoms with Gasteiger partial charge in [-0.3, -0.25) is 9.59 Å². The molecule has 8 nitrogen and oxygen atoms in total. The van der Waals surface area contributed by atoms with Crippen LogP contribution in [-0.2, 0) is 29.3 Å². The molecule has 1 N–H and O–H groups in total. The molecule has 0 aliphatic carbocycles. The Morgan fingerprint density at radius 2 is 1.66 bits per heavy atom. The van der Waals surface area contributed by atoms with Gasteiger partial charge in [0.25, 0.3) is 0 Å². The molecule has 1 amide bonds. The molecular weight excluding hydrogens is 762 g/mol. The summed E-state index contributed by atoms with van der Waals surface area (Å²) in [5.74, 6) is -0.733. The van der Waals surface area contributed by atoms with E-state index in [0.717, 1.165) is 80.1 Å². The largest absolute Gasteiger partial charge is 0.496 e. The number of carbonyl (C=O) groups is 3. The van der Waals surface area contributed by atoms with Crippen molar-refractivity contribution in [3.63, 3.8) is 0 Å². The third-order valence-electron chi connectivity index (χ3n) is 11.4. The summed E-state index contributed by atoms with van der Waals surface area (Å²) < 4.78 is 16.8. The summed E-state index contributed by atoms with van der Waals surface area (Å²) in [7, 11) is 8.73. The monoisotopic (exact) mass is 828 g/mol. The van der Waals surface area contributed by atoms with Gasteiger partial charge in [-0.2, -0.15) is 0 Å². The van der Waals surface area contributed by atoms with Gasteiger partial charge in [0.15, 0.2) is 0 Å². The molecule has 3 aromatic rings. The Kier molecular flexibility index (Phi) is 19.3. The number of allylic oxidation sites excluding steroid dienone is 1. The lowest BCUT2D eigenvalue weighted by Gasteiger charge is -2.43. The molecule has 0 aromatic heterocycles. The van der Waals surface area contributed by atoms with E-state index >= 15 is 0 Å². The summed E-state index contributed by atoms with van der Waals surface area (Å²) in [5, 5.41) is 4.95. The van der Waals surface area contributed by atoms with Crippen LogP contribution in [0.3, 0.4) is 0 Å². The summed E-state index contributed by atoms with van der Waals surface area (Å²) in [6, 6.07) is 23.4. The minimum Gasteiger partial charge on any atom is -0.496 e. The Morgan fingerprint density at radius 1 is 0.931 bits per heavy atom. The topological polar surface area (TPSA) is 94.2 Å². The van der Waals surface area contributed by atoms with Crippen LogP contribution in [0, 0.1) is 5.92 Å². The van der Waals surface area contributed by atoms with Crippen molar-refractivity contribution in [2.45, 2.75) is 96.8 Å². The van der Waals surface area contributed by atoms with Crippen molar-refractivity contribution in [3.05, 3.63) is 106 Å². The number of unbranched alkanes of at least 4 members (excludes halogenated alkanes) is 3. The van der Waals surface area contributed by atoms with Crippen molar-refractivity contribution >= 4 is 52.8 Å². The number of ether oxygens (including phenoxy) is 3. The van der Waals surface area contributed by atoms with Crippen molar-refractivity contribution in [1.82, 2.24) is 10.2 Å². The van der Waals surface area contributed by atoms with Gasteiger partial charge in [-0.15, -0.1) is 18.5 Å². The minimum atomic E-state index is -0.581. The van der Waals surface area contributed by atoms with E-state index in [4.69, 9.17) is 14.2 Å². The molecule has 4 atom stereocenters. The van der Waals surface area contributed by atoms with Crippen molar-refractivity contribution in [3.8, 4) is 5.75 Å². The molecule has 2 aliphatic heterocycles. The van der Waals surface area contributed by atoms with Crippen LogP contribution in [0.5, 0.6) is 5.75 Å². The average molecular weight is 829 g/mol. The zero-order valence-corrected chi connectivity index (χ0v) is 37.9. The van der Waals surface area contributed by atoms with Gasteiger partial charge >= 0.3 is 5.97 Å². The Balaban J connectivity index is 0.00000366. The Morgan fingerprint density at radius 3 is 2.31 bits per heavy atom. The molecule has 0 bridgehead atoms. The molecule has 58 heavy (non-hydrogen) atoms. The second kappa shape index (κ2) is 23.8. The molecule has 10 heteroatoms. The number of esters is 1. The predicted molar refractivity (Wildman–Crippen MR) is 244 cm³/mol. The van der Waals surface area contributed by atoms with Gasteiger partial charge in [-0.1, -0.05) is 93.4 Å². The molecule has 2 aliphatic rings. The first-order valence-electron chi connectivity index (χ1n) is 21.1. The minimum absolute atomic E-state index is 0.0529. The van der Waals surface area contributed by atoms with E-state index in [1.54, 1.807) is 14.0 Å². The van der Waals surface area contributed by atoms with Crippen LogP contribution < -0.4 is 20.7 Å². The van der Waals surface area contributed by atoms with Crippen LogP contribution in [0.1, 0.15) is 114 Å². The van der Waals surface area contributed by atoms with Gasteiger partial charge in [0, 0.05) is 42.8 Å². The molecule has 4 unspecified atom stereocenters. The number of piperidine rings is 1. The fourth-order valence-electron chi connectivity index (χ4n) is 8.47. The SMILES string of the molecule is CC.CC=Cc1ccc(OC)c(C2(c3ccccc3)CCN(CCCCCCC(=O)CC3CC(c4ccc(P)c(P)c4)C(C(=O)OCC)=C(COC)NC3=O)CC2)c1. The van der Waals surface area contributed by atoms with Crippen LogP contribution in [0.4, 0.5) is 0 Å². The van der Waals surface area contributed by atoms with Crippen LogP contribution in [0.15, 0.2) is 84.1 Å². The lowest BCUT2D eigenvalue weighted by Crippen LogP contribution is -2.43. The van der Waals surface area contributed by atoms with E-state index in [9.17, 15) is 14.4 Å². The zero-order chi connectivity index (χ0) is 42.1. The third kappa shape index (κ3) is 12.2. The Hall–Kier alpha value is -3.67. The number of nitrogens with zero attached hydrogens (tertiary/aromatic N) is 1. The van der Waals surface area contributed by atoms with Gasteiger partial charge in [0.1, 0.15) is 11.5 Å². The van der Waals surface area contributed by atoms with E-state index in [1.165, 1.54) is 23.8 Å². The van der Waals surface area contributed by atoms with Gasteiger partial charge in [0.2, 0.25) is 5.91 Å². The van der Waals surface area contributed by atoms with Crippen molar-refractivity contribution in [2.24, 2.45) is 5.92 Å². The number of methoxy groups -OCH3 is 2. The van der Waals surface area contributed by atoms with Crippen molar-refractivity contribution in [2.75, 3.05) is 47.1 Å². The first-order chi connectivity index (χ1) is 28.1. The van der Waals surface area contributed by atoms with Crippen LogP contribution in [0.2, 0.25) is 0 Å². The normalized spacial score (nSPS) is 18.2. The fourth-order valence-corrected chi connectivity index (χ4v) is 8.94. The molecule has 5 rings (SSSR count). The second-order valence-electron chi connectivity index (χ2n) is 15.1. The van der Waals surface area contributed by atoms with Gasteiger partial charge in [-0.05, 0) is 105 Å². The molecule has 0 saturated carbocycles. The molecular formula is C48H66N2O6P2. The lowest BCUT2D eigenvalue weighted by molar-refractivity contribution is -0.139. The summed E-state index contributed by atoms with van der Waals surface area (Å²) >= 11 is 0.